The minimum absolute atomic E-state index is 0.876. The first kappa shape index (κ1) is 19.3. The molecule has 0 bridgehead atoms. The molecule has 0 saturated heterocycles. The van der Waals surface area contributed by atoms with Crippen molar-refractivity contribution in [2.75, 3.05) is 18.6 Å². The number of aromatic nitrogens is 1. The van der Waals surface area contributed by atoms with E-state index in [2.05, 4.69) is 101 Å². The Hall–Kier alpha value is -3.72. The molecule has 31 heavy (non-hydrogen) atoms. The van der Waals surface area contributed by atoms with Crippen molar-refractivity contribution in [3.05, 3.63) is 108 Å². The van der Waals surface area contributed by atoms with Crippen molar-refractivity contribution in [1.29, 1.82) is 0 Å². The van der Waals surface area contributed by atoms with Gasteiger partial charge in [0.1, 0.15) is 5.75 Å². The van der Waals surface area contributed by atoms with E-state index in [1.807, 2.05) is 6.07 Å². The summed E-state index contributed by atoms with van der Waals surface area (Å²) in [6, 6.07) is 32.1. The monoisotopic (exact) mass is 406 g/mol. The van der Waals surface area contributed by atoms with Gasteiger partial charge in [-0.15, -0.1) is 0 Å². The minimum atomic E-state index is 0.876. The van der Waals surface area contributed by atoms with Crippen LogP contribution < -0.4 is 9.64 Å². The van der Waals surface area contributed by atoms with Gasteiger partial charge in [0.05, 0.1) is 7.11 Å². The van der Waals surface area contributed by atoms with Crippen molar-refractivity contribution in [2.45, 2.75) is 13.0 Å². The van der Waals surface area contributed by atoms with E-state index in [4.69, 9.17) is 4.74 Å². The van der Waals surface area contributed by atoms with Crippen LogP contribution in [0.5, 0.6) is 5.75 Å². The van der Waals surface area contributed by atoms with Gasteiger partial charge >= 0.3 is 0 Å². The zero-order chi connectivity index (χ0) is 21.0. The highest BCUT2D eigenvalue weighted by Crippen LogP contribution is 2.29. The summed E-state index contributed by atoms with van der Waals surface area (Å²) in [5.41, 5.74) is 5.05. The predicted molar refractivity (Wildman–Crippen MR) is 130 cm³/mol. The number of anilines is 1. The van der Waals surface area contributed by atoms with Gasteiger partial charge in [0.15, 0.2) is 0 Å². The largest absolute Gasteiger partial charge is 0.497 e. The van der Waals surface area contributed by atoms with Gasteiger partial charge in [0, 0.05) is 41.3 Å². The lowest BCUT2D eigenvalue weighted by Crippen LogP contribution is -2.25. The first-order valence-electron chi connectivity index (χ1n) is 10.7. The Morgan fingerprint density at radius 1 is 0.806 bits per heavy atom. The third-order valence-electron chi connectivity index (χ3n) is 5.95. The summed E-state index contributed by atoms with van der Waals surface area (Å²) in [7, 11) is 1.72. The molecule has 1 heterocycles. The summed E-state index contributed by atoms with van der Waals surface area (Å²) in [6.45, 7) is 1.80. The van der Waals surface area contributed by atoms with Crippen molar-refractivity contribution in [1.82, 2.24) is 4.98 Å². The number of rotatable bonds is 7. The standard InChI is InChI=1S/C28H26N2O/c1-31-24-14-15-27-26(18-24)23(19-29-27)16-17-30(20-21-8-3-2-4-9-21)28-13-7-11-22-10-5-6-12-25(22)28/h2-15,18-19,29H,16-17,20H2,1H3. The van der Waals surface area contributed by atoms with Crippen LogP contribution in [0.1, 0.15) is 11.1 Å². The molecule has 0 unspecified atom stereocenters. The fourth-order valence-electron chi connectivity index (χ4n) is 4.32. The van der Waals surface area contributed by atoms with Gasteiger partial charge in [-0.1, -0.05) is 66.7 Å². The molecule has 0 fully saturated rings. The van der Waals surface area contributed by atoms with Gasteiger partial charge in [-0.2, -0.15) is 0 Å². The van der Waals surface area contributed by atoms with Crippen molar-refractivity contribution in [3.63, 3.8) is 0 Å². The van der Waals surface area contributed by atoms with Gasteiger partial charge in [-0.3, -0.25) is 0 Å². The second-order valence-electron chi connectivity index (χ2n) is 7.88. The van der Waals surface area contributed by atoms with Crippen molar-refractivity contribution in [2.24, 2.45) is 0 Å². The lowest BCUT2D eigenvalue weighted by molar-refractivity contribution is 0.415. The predicted octanol–water partition coefficient (Wildman–Crippen LogP) is 6.58. The summed E-state index contributed by atoms with van der Waals surface area (Å²) >= 11 is 0. The SMILES string of the molecule is COc1ccc2[nH]cc(CCN(Cc3ccccc3)c3cccc4ccccc34)c2c1. The zero-order valence-electron chi connectivity index (χ0n) is 17.7. The average molecular weight is 407 g/mol. The van der Waals surface area contributed by atoms with Crippen LogP contribution in [0.3, 0.4) is 0 Å². The lowest BCUT2D eigenvalue weighted by Gasteiger charge is -2.26. The first-order chi connectivity index (χ1) is 15.3. The molecule has 3 heteroatoms. The number of methoxy groups -OCH3 is 1. The molecule has 0 radical (unpaired) electrons. The van der Waals surface area contributed by atoms with E-state index in [1.165, 1.54) is 33.0 Å². The quantitative estimate of drug-likeness (QED) is 0.331. The van der Waals surface area contributed by atoms with Crippen LogP contribution in [0, 0.1) is 0 Å². The molecule has 0 aliphatic heterocycles. The van der Waals surface area contributed by atoms with Crippen LogP contribution in [-0.4, -0.2) is 18.6 Å². The molecule has 4 aromatic carbocycles. The Morgan fingerprint density at radius 3 is 2.48 bits per heavy atom. The van der Waals surface area contributed by atoms with E-state index < -0.39 is 0 Å². The number of ether oxygens (including phenoxy) is 1. The molecule has 5 aromatic rings. The highest BCUT2D eigenvalue weighted by molar-refractivity contribution is 5.94. The van der Waals surface area contributed by atoms with Crippen LogP contribution >= 0.6 is 0 Å². The van der Waals surface area contributed by atoms with Gasteiger partial charge in [0.2, 0.25) is 0 Å². The highest BCUT2D eigenvalue weighted by atomic mass is 16.5. The Balaban J connectivity index is 1.49. The molecule has 0 aliphatic carbocycles. The molecular weight excluding hydrogens is 380 g/mol. The number of fused-ring (bicyclic) bond motifs is 2. The Morgan fingerprint density at radius 2 is 1.61 bits per heavy atom. The summed E-state index contributed by atoms with van der Waals surface area (Å²) in [5, 5.41) is 3.80. The Labute approximate surface area is 182 Å². The van der Waals surface area contributed by atoms with Crippen LogP contribution in [-0.2, 0) is 13.0 Å². The first-order valence-corrected chi connectivity index (χ1v) is 10.7. The number of nitrogens with one attached hydrogen (secondary N) is 1. The molecule has 0 spiro atoms. The zero-order valence-corrected chi connectivity index (χ0v) is 17.7. The van der Waals surface area contributed by atoms with E-state index in [9.17, 15) is 0 Å². The smallest absolute Gasteiger partial charge is 0.119 e. The van der Waals surface area contributed by atoms with Crippen LogP contribution in [0.2, 0.25) is 0 Å². The molecule has 154 valence electrons. The number of H-pyrrole nitrogens is 1. The topological polar surface area (TPSA) is 28.3 Å². The molecule has 0 aliphatic rings. The summed E-state index contributed by atoms with van der Waals surface area (Å²) in [4.78, 5) is 5.90. The van der Waals surface area contributed by atoms with Gasteiger partial charge in [-0.05, 0) is 47.2 Å². The van der Waals surface area contributed by atoms with Gasteiger partial charge < -0.3 is 14.6 Å². The summed E-state index contributed by atoms with van der Waals surface area (Å²) in [5.74, 6) is 0.892. The molecule has 1 N–H and O–H groups in total. The normalized spacial score (nSPS) is 11.1. The average Bonchev–Trinajstić information content (AvgIpc) is 3.24. The molecule has 1 aromatic heterocycles. The fraction of sp³-hybridized carbons (Fsp3) is 0.143. The number of hydrogen-bond donors (Lipinski definition) is 1. The summed E-state index contributed by atoms with van der Waals surface area (Å²) in [6.07, 6.45) is 3.08. The number of nitrogens with zero attached hydrogens (tertiary/aromatic N) is 1. The van der Waals surface area contributed by atoms with Crippen LogP contribution in [0.4, 0.5) is 5.69 Å². The van der Waals surface area contributed by atoms with Crippen LogP contribution in [0.15, 0.2) is 97.2 Å². The van der Waals surface area contributed by atoms with Crippen molar-refractivity contribution >= 4 is 27.4 Å². The van der Waals surface area contributed by atoms with Crippen molar-refractivity contribution in [3.8, 4) is 5.75 Å². The molecule has 0 atom stereocenters. The van der Waals surface area contributed by atoms with E-state index in [1.54, 1.807) is 7.11 Å². The summed E-state index contributed by atoms with van der Waals surface area (Å²) < 4.78 is 5.44. The third-order valence-corrected chi connectivity index (χ3v) is 5.95. The van der Waals surface area contributed by atoms with E-state index in [-0.39, 0.29) is 0 Å². The Kier molecular flexibility index (Phi) is 5.32. The number of hydrogen-bond acceptors (Lipinski definition) is 2. The lowest BCUT2D eigenvalue weighted by atomic mass is 10.1. The molecule has 0 saturated carbocycles. The molecule has 3 nitrogen and oxygen atoms in total. The maximum absolute atomic E-state index is 5.44. The van der Waals surface area contributed by atoms with Gasteiger partial charge in [-0.25, -0.2) is 0 Å². The number of aromatic amines is 1. The maximum atomic E-state index is 5.44. The Bertz CT molecular complexity index is 1300. The van der Waals surface area contributed by atoms with E-state index in [0.29, 0.717) is 0 Å². The molecule has 5 rings (SSSR count). The van der Waals surface area contributed by atoms with E-state index in [0.717, 1.165) is 30.8 Å². The molecular formula is C28H26N2O. The maximum Gasteiger partial charge on any atom is 0.119 e. The van der Waals surface area contributed by atoms with Gasteiger partial charge in [0.25, 0.3) is 0 Å². The third kappa shape index (κ3) is 3.99. The second kappa shape index (κ2) is 8.57. The highest BCUT2D eigenvalue weighted by Gasteiger charge is 2.13. The fourth-order valence-corrected chi connectivity index (χ4v) is 4.32. The van der Waals surface area contributed by atoms with Crippen molar-refractivity contribution < 1.29 is 4.74 Å². The van der Waals surface area contributed by atoms with Crippen LogP contribution in [0.25, 0.3) is 21.7 Å². The second-order valence-corrected chi connectivity index (χ2v) is 7.88. The minimum Gasteiger partial charge on any atom is -0.497 e. The van der Waals surface area contributed by atoms with E-state index >= 15 is 0 Å². The molecule has 0 amide bonds. The number of benzene rings is 4.